The zero-order valence-corrected chi connectivity index (χ0v) is 15.2. The number of nitrogens with one attached hydrogen (secondary N) is 1. The molecule has 4 rings (SSSR count). The van der Waals surface area contributed by atoms with E-state index in [4.69, 9.17) is 14.9 Å². The molecule has 27 heavy (non-hydrogen) atoms. The van der Waals surface area contributed by atoms with E-state index in [1.807, 2.05) is 30.3 Å². The molecule has 5 nitrogen and oxygen atoms in total. The molecule has 1 aromatic heterocycles. The summed E-state index contributed by atoms with van der Waals surface area (Å²) < 4.78 is 11.4. The third-order valence-electron chi connectivity index (χ3n) is 5.12. The topological polar surface area (TPSA) is 77.5 Å². The monoisotopic (exact) mass is 364 g/mol. The van der Waals surface area contributed by atoms with Crippen LogP contribution in [0.25, 0.3) is 10.8 Å². The maximum Gasteiger partial charge on any atom is 0.287 e. The summed E-state index contributed by atoms with van der Waals surface area (Å²) in [6.45, 7) is 0.930. The van der Waals surface area contributed by atoms with Crippen molar-refractivity contribution in [3.63, 3.8) is 0 Å². The number of benzene rings is 2. The summed E-state index contributed by atoms with van der Waals surface area (Å²) in [5.41, 5.74) is 5.91. The summed E-state index contributed by atoms with van der Waals surface area (Å²) in [5, 5.41) is 5.24. The van der Waals surface area contributed by atoms with Crippen molar-refractivity contribution < 1.29 is 13.9 Å². The summed E-state index contributed by atoms with van der Waals surface area (Å²) in [5.74, 6) is 1.99. The van der Waals surface area contributed by atoms with Gasteiger partial charge in [0.05, 0.1) is 0 Å². The summed E-state index contributed by atoms with van der Waals surface area (Å²) in [6.07, 6.45) is 3.09. The van der Waals surface area contributed by atoms with Gasteiger partial charge >= 0.3 is 0 Å². The van der Waals surface area contributed by atoms with Crippen LogP contribution in [-0.4, -0.2) is 18.5 Å². The second-order valence-corrected chi connectivity index (χ2v) is 7.21. The number of hydrogen-bond acceptors (Lipinski definition) is 4. The van der Waals surface area contributed by atoms with Gasteiger partial charge in [-0.05, 0) is 60.2 Å². The number of amides is 1. The minimum atomic E-state index is -0.188. The van der Waals surface area contributed by atoms with E-state index in [2.05, 4.69) is 17.4 Å². The van der Waals surface area contributed by atoms with Gasteiger partial charge < -0.3 is 20.2 Å². The highest BCUT2D eigenvalue weighted by molar-refractivity contribution is 5.91. The lowest BCUT2D eigenvalue weighted by Crippen LogP contribution is -2.28. The van der Waals surface area contributed by atoms with Gasteiger partial charge in [-0.3, -0.25) is 4.79 Å². The van der Waals surface area contributed by atoms with Gasteiger partial charge in [0.25, 0.3) is 5.91 Å². The lowest BCUT2D eigenvalue weighted by molar-refractivity contribution is 0.0915. The molecule has 0 unspecified atom stereocenters. The van der Waals surface area contributed by atoms with Gasteiger partial charge in [-0.2, -0.15) is 0 Å². The highest BCUT2D eigenvalue weighted by Gasteiger charge is 2.22. The summed E-state index contributed by atoms with van der Waals surface area (Å²) in [4.78, 5) is 12.2. The van der Waals surface area contributed by atoms with Gasteiger partial charge in [-0.15, -0.1) is 0 Å². The molecule has 0 bridgehead atoms. The molecule has 1 saturated carbocycles. The number of fused-ring (bicyclic) bond motifs is 1. The molecule has 140 valence electrons. The number of nitrogens with two attached hydrogens (primary N) is 1. The van der Waals surface area contributed by atoms with E-state index in [0.717, 1.165) is 30.4 Å². The first-order chi connectivity index (χ1) is 13.2. The van der Waals surface area contributed by atoms with Crippen molar-refractivity contribution in [3.8, 4) is 5.75 Å². The molecule has 5 heteroatoms. The van der Waals surface area contributed by atoms with E-state index in [9.17, 15) is 4.79 Å². The van der Waals surface area contributed by atoms with Crippen molar-refractivity contribution in [2.75, 3.05) is 6.54 Å². The van der Waals surface area contributed by atoms with Gasteiger partial charge in [0, 0.05) is 12.6 Å². The molecule has 1 heterocycles. The second-order valence-electron chi connectivity index (χ2n) is 7.21. The van der Waals surface area contributed by atoms with E-state index in [1.165, 1.54) is 5.39 Å². The number of furan rings is 1. The van der Waals surface area contributed by atoms with Crippen LogP contribution < -0.4 is 15.8 Å². The molecule has 3 aromatic rings. The van der Waals surface area contributed by atoms with Crippen LogP contribution in [-0.2, 0) is 6.61 Å². The van der Waals surface area contributed by atoms with Crippen LogP contribution in [0.3, 0.4) is 0 Å². The van der Waals surface area contributed by atoms with Crippen LogP contribution in [0.15, 0.2) is 59.0 Å². The standard InChI is InChI=1S/C22H24N2O3/c23-18-7-5-15(11-18)13-24-22(25)21-10-9-20(27-21)14-26-19-8-6-16-3-1-2-4-17(16)12-19/h1-4,6,8-10,12,15,18H,5,7,11,13-14,23H2,(H,24,25)/t15-,18+/m0/s1. The van der Waals surface area contributed by atoms with Crippen LogP contribution >= 0.6 is 0 Å². The molecular formula is C22H24N2O3. The summed E-state index contributed by atoms with van der Waals surface area (Å²) in [7, 11) is 0. The van der Waals surface area contributed by atoms with Crippen molar-refractivity contribution in [1.29, 1.82) is 0 Å². The molecule has 0 aliphatic heterocycles. The van der Waals surface area contributed by atoms with Crippen molar-refractivity contribution in [3.05, 3.63) is 66.1 Å². The Balaban J connectivity index is 1.31. The summed E-state index contributed by atoms with van der Waals surface area (Å²) >= 11 is 0. The Kier molecular flexibility index (Phi) is 5.12. The van der Waals surface area contributed by atoms with Crippen LogP contribution in [0.4, 0.5) is 0 Å². The third kappa shape index (κ3) is 4.31. The van der Waals surface area contributed by atoms with Crippen LogP contribution in [0.2, 0.25) is 0 Å². The molecule has 0 saturated heterocycles. The first-order valence-electron chi connectivity index (χ1n) is 9.41. The van der Waals surface area contributed by atoms with E-state index < -0.39 is 0 Å². The maximum atomic E-state index is 12.2. The van der Waals surface area contributed by atoms with E-state index in [-0.39, 0.29) is 18.6 Å². The Morgan fingerprint density at radius 3 is 2.78 bits per heavy atom. The smallest absolute Gasteiger partial charge is 0.287 e. The van der Waals surface area contributed by atoms with Crippen molar-refractivity contribution in [2.24, 2.45) is 11.7 Å². The number of ether oxygens (including phenoxy) is 1. The first-order valence-corrected chi connectivity index (χ1v) is 9.41. The van der Waals surface area contributed by atoms with Crippen LogP contribution in [0, 0.1) is 5.92 Å². The normalized spacial score (nSPS) is 19.3. The quantitative estimate of drug-likeness (QED) is 0.696. The largest absolute Gasteiger partial charge is 0.486 e. The highest BCUT2D eigenvalue weighted by atomic mass is 16.5. The molecular weight excluding hydrogens is 340 g/mol. The first kappa shape index (κ1) is 17.6. The fourth-order valence-corrected chi connectivity index (χ4v) is 3.61. The lowest BCUT2D eigenvalue weighted by Gasteiger charge is -2.10. The van der Waals surface area contributed by atoms with Gasteiger partial charge in [0.1, 0.15) is 18.1 Å². The average molecular weight is 364 g/mol. The highest BCUT2D eigenvalue weighted by Crippen LogP contribution is 2.24. The molecule has 2 aromatic carbocycles. The fraction of sp³-hybridized carbons (Fsp3) is 0.318. The predicted molar refractivity (Wildman–Crippen MR) is 105 cm³/mol. The molecule has 0 radical (unpaired) electrons. The molecule has 2 atom stereocenters. The maximum absolute atomic E-state index is 12.2. The predicted octanol–water partition coefficient (Wildman–Crippen LogP) is 3.87. The number of rotatable bonds is 6. The Morgan fingerprint density at radius 1 is 1.11 bits per heavy atom. The van der Waals surface area contributed by atoms with Crippen LogP contribution in [0.1, 0.15) is 35.6 Å². The van der Waals surface area contributed by atoms with Gasteiger partial charge in [0.2, 0.25) is 0 Å². The van der Waals surface area contributed by atoms with Gasteiger partial charge in [-0.1, -0.05) is 30.3 Å². The number of carbonyl (C=O) groups excluding carboxylic acids is 1. The van der Waals surface area contributed by atoms with E-state index in [0.29, 0.717) is 24.0 Å². The zero-order chi connectivity index (χ0) is 18.6. The van der Waals surface area contributed by atoms with Gasteiger partial charge in [0.15, 0.2) is 5.76 Å². The van der Waals surface area contributed by atoms with Gasteiger partial charge in [-0.25, -0.2) is 0 Å². The van der Waals surface area contributed by atoms with E-state index >= 15 is 0 Å². The SMILES string of the molecule is N[C@@H]1CC[C@H](CNC(=O)c2ccc(COc3ccc4ccccc4c3)o2)C1. The minimum absolute atomic E-state index is 0.188. The molecule has 1 amide bonds. The fourth-order valence-electron chi connectivity index (χ4n) is 3.61. The Labute approximate surface area is 158 Å². The summed E-state index contributed by atoms with van der Waals surface area (Å²) in [6, 6.07) is 17.8. The molecule has 1 aliphatic carbocycles. The lowest BCUT2D eigenvalue weighted by atomic mass is 10.1. The van der Waals surface area contributed by atoms with Crippen molar-refractivity contribution >= 4 is 16.7 Å². The Bertz CT molecular complexity index is 934. The molecule has 3 N–H and O–H groups in total. The Hall–Kier alpha value is -2.79. The Morgan fingerprint density at radius 2 is 1.96 bits per heavy atom. The van der Waals surface area contributed by atoms with Crippen molar-refractivity contribution in [2.45, 2.75) is 31.9 Å². The van der Waals surface area contributed by atoms with Crippen molar-refractivity contribution in [1.82, 2.24) is 5.32 Å². The molecule has 1 fully saturated rings. The van der Waals surface area contributed by atoms with E-state index in [1.54, 1.807) is 12.1 Å². The zero-order valence-electron chi connectivity index (χ0n) is 15.2. The molecule has 1 aliphatic rings. The third-order valence-corrected chi connectivity index (χ3v) is 5.12. The average Bonchev–Trinajstić information content (AvgIpc) is 3.33. The second kappa shape index (κ2) is 7.84. The number of carbonyl (C=O) groups is 1. The van der Waals surface area contributed by atoms with Crippen LogP contribution in [0.5, 0.6) is 5.75 Å². The molecule has 0 spiro atoms. The number of hydrogen-bond donors (Lipinski definition) is 2. The minimum Gasteiger partial charge on any atom is -0.486 e.